The van der Waals surface area contributed by atoms with Crippen LogP contribution in [0.3, 0.4) is 0 Å². The van der Waals surface area contributed by atoms with Crippen molar-refractivity contribution in [3.05, 3.63) is 102 Å². The van der Waals surface area contributed by atoms with E-state index >= 15 is 0 Å². The molecule has 248 valence electrons. The molecule has 12 heteroatoms. The molecule has 0 spiro atoms. The van der Waals surface area contributed by atoms with E-state index in [0.29, 0.717) is 19.4 Å². The first kappa shape index (κ1) is 34.7. The summed E-state index contributed by atoms with van der Waals surface area (Å²) in [6.45, 7) is 0.395. The molecule has 4 unspecified atom stereocenters. The molecular weight excluding hydrogens is 600 g/mol. The van der Waals surface area contributed by atoms with Gasteiger partial charge >= 0.3 is 5.97 Å². The molecule has 47 heavy (non-hydrogen) atoms. The zero-order valence-corrected chi connectivity index (χ0v) is 26.0. The second kappa shape index (κ2) is 16.9. The van der Waals surface area contributed by atoms with E-state index < -0.39 is 47.9 Å². The fourth-order valence-electron chi connectivity index (χ4n) is 5.34. The van der Waals surface area contributed by atoms with Gasteiger partial charge in [0.15, 0.2) is 0 Å². The monoisotopic (exact) mass is 642 g/mol. The van der Waals surface area contributed by atoms with Crippen molar-refractivity contribution in [1.29, 1.82) is 0 Å². The van der Waals surface area contributed by atoms with Gasteiger partial charge in [0.2, 0.25) is 17.7 Å². The molecule has 10 N–H and O–H groups in total. The Hall–Kier alpha value is -5.20. The molecule has 4 atom stereocenters. The summed E-state index contributed by atoms with van der Waals surface area (Å²) in [5.41, 5.74) is 14.9. The maximum Gasteiger partial charge on any atom is 0.326 e. The summed E-state index contributed by atoms with van der Waals surface area (Å²) >= 11 is 0. The number of aromatic hydroxyl groups is 1. The number of aromatic amines is 1. The van der Waals surface area contributed by atoms with Gasteiger partial charge in [-0.25, -0.2) is 4.79 Å². The molecule has 1 aromatic heterocycles. The number of benzene rings is 3. The molecule has 0 aliphatic heterocycles. The molecule has 12 nitrogen and oxygen atoms in total. The van der Waals surface area contributed by atoms with Gasteiger partial charge in [-0.3, -0.25) is 14.4 Å². The van der Waals surface area contributed by atoms with Gasteiger partial charge in [-0.1, -0.05) is 60.7 Å². The Morgan fingerprint density at radius 1 is 0.702 bits per heavy atom. The van der Waals surface area contributed by atoms with Crippen LogP contribution in [0.1, 0.15) is 36.0 Å². The number of aliphatic carboxylic acids is 1. The SMILES string of the molecule is NCCCCC(NC(=O)C(Cc1c[nH]c2ccccc12)NC(=O)C(Cc1ccccc1)NC(=O)C(N)Cc1ccc(O)cc1)C(=O)O. The Kier molecular flexibility index (Phi) is 12.5. The van der Waals surface area contributed by atoms with Crippen LogP contribution in [0.25, 0.3) is 10.9 Å². The molecule has 3 aromatic carbocycles. The van der Waals surface area contributed by atoms with Crippen molar-refractivity contribution < 1.29 is 29.4 Å². The average molecular weight is 643 g/mol. The number of phenolic OH excluding ortho intramolecular Hbond substituents is 1. The van der Waals surface area contributed by atoms with Crippen molar-refractivity contribution in [3.8, 4) is 5.75 Å². The summed E-state index contributed by atoms with van der Waals surface area (Å²) in [5, 5.41) is 28.4. The topological polar surface area (TPSA) is 213 Å². The van der Waals surface area contributed by atoms with E-state index in [4.69, 9.17) is 11.5 Å². The van der Waals surface area contributed by atoms with E-state index in [1.807, 2.05) is 54.6 Å². The summed E-state index contributed by atoms with van der Waals surface area (Å²) in [6.07, 6.45) is 3.37. The lowest BCUT2D eigenvalue weighted by molar-refractivity contribution is -0.142. The summed E-state index contributed by atoms with van der Waals surface area (Å²) in [6, 6.07) is 18.5. The molecule has 4 aromatic rings. The minimum Gasteiger partial charge on any atom is -0.508 e. The number of carboxylic acid groups (broad SMARTS) is 1. The number of phenols is 1. The summed E-state index contributed by atoms with van der Waals surface area (Å²) in [5.74, 6) is -2.98. The van der Waals surface area contributed by atoms with E-state index in [1.54, 1.807) is 18.3 Å². The number of rotatable bonds is 17. The lowest BCUT2D eigenvalue weighted by atomic mass is 10.0. The maximum absolute atomic E-state index is 13.9. The van der Waals surface area contributed by atoms with Gasteiger partial charge in [0.1, 0.15) is 23.9 Å². The Bertz CT molecular complexity index is 1640. The summed E-state index contributed by atoms with van der Waals surface area (Å²) < 4.78 is 0. The van der Waals surface area contributed by atoms with Crippen molar-refractivity contribution >= 4 is 34.6 Å². The van der Waals surface area contributed by atoms with Crippen LogP contribution in [0.4, 0.5) is 0 Å². The quantitative estimate of drug-likeness (QED) is 0.0795. The second-order valence-electron chi connectivity index (χ2n) is 11.5. The van der Waals surface area contributed by atoms with E-state index in [0.717, 1.165) is 27.6 Å². The van der Waals surface area contributed by atoms with Crippen LogP contribution in [0, 0.1) is 0 Å². The first-order valence-corrected chi connectivity index (χ1v) is 15.6. The molecule has 3 amide bonds. The van der Waals surface area contributed by atoms with Crippen LogP contribution in [0.15, 0.2) is 85.1 Å². The molecular formula is C35H42N6O6. The zero-order valence-electron chi connectivity index (χ0n) is 26.0. The number of carbonyl (C=O) groups excluding carboxylic acids is 3. The van der Waals surface area contributed by atoms with Crippen molar-refractivity contribution in [2.24, 2.45) is 11.5 Å². The van der Waals surface area contributed by atoms with Crippen LogP contribution < -0.4 is 27.4 Å². The normalized spacial score (nSPS) is 13.7. The summed E-state index contributed by atoms with van der Waals surface area (Å²) in [4.78, 5) is 56.0. The molecule has 0 saturated carbocycles. The van der Waals surface area contributed by atoms with Crippen molar-refractivity contribution in [2.75, 3.05) is 6.54 Å². The van der Waals surface area contributed by atoms with E-state index in [1.165, 1.54) is 12.1 Å². The highest BCUT2D eigenvalue weighted by Crippen LogP contribution is 2.20. The second-order valence-corrected chi connectivity index (χ2v) is 11.5. The molecule has 4 rings (SSSR count). The smallest absolute Gasteiger partial charge is 0.326 e. The fraction of sp³-hybridized carbons (Fsp3) is 0.314. The lowest BCUT2D eigenvalue weighted by Crippen LogP contribution is -2.58. The van der Waals surface area contributed by atoms with Gasteiger partial charge in [-0.15, -0.1) is 0 Å². The number of carbonyl (C=O) groups is 4. The highest BCUT2D eigenvalue weighted by Gasteiger charge is 2.31. The largest absolute Gasteiger partial charge is 0.508 e. The van der Waals surface area contributed by atoms with E-state index in [-0.39, 0.29) is 31.4 Å². The maximum atomic E-state index is 13.9. The Morgan fingerprint density at radius 3 is 1.98 bits per heavy atom. The van der Waals surface area contributed by atoms with Gasteiger partial charge in [0, 0.05) is 29.9 Å². The van der Waals surface area contributed by atoms with Crippen molar-refractivity contribution in [1.82, 2.24) is 20.9 Å². The summed E-state index contributed by atoms with van der Waals surface area (Å²) in [7, 11) is 0. The number of nitrogens with two attached hydrogens (primary N) is 2. The molecule has 0 bridgehead atoms. The Labute approximate surface area is 272 Å². The number of fused-ring (bicyclic) bond motifs is 1. The fourth-order valence-corrected chi connectivity index (χ4v) is 5.34. The number of H-pyrrole nitrogens is 1. The van der Waals surface area contributed by atoms with Gasteiger partial charge in [-0.05, 0) is 67.1 Å². The van der Waals surface area contributed by atoms with Gasteiger partial charge < -0.3 is 42.6 Å². The van der Waals surface area contributed by atoms with Crippen LogP contribution in [0.2, 0.25) is 0 Å². The van der Waals surface area contributed by atoms with Crippen molar-refractivity contribution in [2.45, 2.75) is 62.7 Å². The van der Waals surface area contributed by atoms with Gasteiger partial charge in [-0.2, -0.15) is 0 Å². The van der Waals surface area contributed by atoms with E-state index in [9.17, 15) is 29.4 Å². The van der Waals surface area contributed by atoms with E-state index in [2.05, 4.69) is 20.9 Å². The third kappa shape index (κ3) is 10.1. The van der Waals surface area contributed by atoms with Crippen LogP contribution in [-0.2, 0) is 38.4 Å². The Morgan fingerprint density at radius 2 is 1.30 bits per heavy atom. The first-order chi connectivity index (χ1) is 22.6. The number of amides is 3. The third-order valence-corrected chi connectivity index (χ3v) is 7.94. The number of nitrogens with one attached hydrogen (secondary N) is 4. The highest BCUT2D eigenvalue weighted by molar-refractivity contribution is 5.95. The van der Waals surface area contributed by atoms with Crippen LogP contribution in [0.5, 0.6) is 5.75 Å². The third-order valence-electron chi connectivity index (χ3n) is 7.94. The van der Waals surface area contributed by atoms with Crippen LogP contribution in [-0.4, -0.2) is 69.6 Å². The molecule has 1 heterocycles. The standard InChI is InChI=1S/C35H42N6O6/c36-17-7-6-12-29(35(46)47)39-34(45)31(20-24-21-38-28-11-5-4-10-26(24)28)41-33(44)30(19-22-8-2-1-3-9-22)40-32(43)27(37)18-23-13-15-25(42)16-14-23/h1-5,8-11,13-16,21,27,29-31,38,42H,6-7,12,17-20,36-37H2,(H,39,45)(H,40,43)(H,41,44)(H,46,47). The molecule has 0 fully saturated rings. The molecule has 0 saturated heterocycles. The lowest BCUT2D eigenvalue weighted by Gasteiger charge is -2.25. The number of carboxylic acids is 1. The molecule has 0 radical (unpaired) electrons. The molecule has 0 aliphatic carbocycles. The zero-order chi connectivity index (χ0) is 33.8. The number of unbranched alkanes of at least 4 members (excludes halogenated alkanes) is 1. The number of aromatic nitrogens is 1. The number of para-hydroxylation sites is 1. The number of hydrogen-bond donors (Lipinski definition) is 8. The minimum absolute atomic E-state index is 0.0586. The van der Waals surface area contributed by atoms with Crippen LogP contribution >= 0.6 is 0 Å². The van der Waals surface area contributed by atoms with Gasteiger partial charge in [0.05, 0.1) is 6.04 Å². The predicted octanol–water partition coefficient (Wildman–Crippen LogP) is 1.90. The minimum atomic E-state index is -1.19. The van der Waals surface area contributed by atoms with Crippen molar-refractivity contribution in [3.63, 3.8) is 0 Å². The predicted molar refractivity (Wildman–Crippen MR) is 178 cm³/mol. The first-order valence-electron chi connectivity index (χ1n) is 15.6. The average Bonchev–Trinajstić information content (AvgIpc) is 3.47. The Balaban J connectivity index is 1.57. The highest BCUT2D eigenvalue weighted by atomic mass is 16.4. The van der Waals surface area contributed by atoms with Gasteiger partial charge in [0.25, 0.3) is 0 Å². The number of hydrogen-bond acceptors (Lipinski definition) is 7. The molecule has 0 aliphatic rings.